The Labute approximate surface area is 236 Å². The molecule has 2 saturated heterocycles. The van der Waals surface area contributed by atoms with E-state index < -0.39 is 74.7 Å². The van der Waals surface area contributed by atoms with Crippen LogP contribution < -0.4 is 17.0 Å². The molecule has 4 aromatic rings. The summed E-state index contributed by atoms with van der Waals surface area (Å²) in [6.07, 6.45) is -4.93. The number of aliphatic hydroxyl groups is 2. The van der Waals surface area contributed by atoms with Crippen molar-refractivity contribution in [2.75, 3.05) is 37.9 Å². The number of nitrogens with two attached hydrogens (primary N) is 2. The molecule has 4 aromatic heterocycles. The summed E-state index contributed by atoms with van der Waals surface area (Å²) in [6, 6.07) is 0. The van der Waals surface area contributed by atoms with E-state index in [0.29, 0.717) is 4.68 Å². The predicted molar refractivity (Wildman–Crippen MR) is 138 cm³/mol. The molecule has 0 spiro atoms. The fraction of sp³-hybridized carbons (Fsp3) is 0.526. The van der Waals surface area contributed by atoms with Crippen molar-refractivity contribution in [3.8, 4) is 0 Å². The van der Waals surface area contributed by atoms with E-state index in [9.17, 15) is 19.9 Å². The van der Waals surface area contributed by atoms with Gasteiger partial charge in [-0.25, -0.2) is 23.7 Å². The maximum absolute atomic E-state index is 16.0. The number of ether oxygens (including phenoxy) is 2. The van der Waals surface area contributed by atoms with Gasteiger partial charge in [0.2, 0.25) is 11.7 Å². The number of fused-ring (bicyclic) bond motifs is 2. The summed E-state index contributed by atoms with van der Waals surface area (Å²) in [5.74, 6) is -3.07. The zero-order valence-electron chi connectivity index (χ0n) is 21.0. The summed E-state index contributed by atoms with van der Waals surface area (Å²) in [5, 5.41) is 27.8. The van der Waals surface area contributed by atoms with Gasteiger partial charge < -0.3 is 40.6 Å². The molecule has 0 aromatic carbocycles. The van der Waals surface area contributed by atoms with E-state index in [0.717, 1.165) is 17.2 Å². The molecular weight excluding hydrogens is 611 g/mol. The van der Waals surface area contributed by atoms with Crippen LogP contribution in [0.5, 0.6) is 0 Å². The Morgan fingerprint density at radius 2 is 1.98 bits per heavy atom. The third-order valence-corrected chi connectivity index (χ3v) is 8.44. The van der Waals surface area contributed by atoms with Crippen molar-refractivity contribution >= 4 is 52.6 Å². The second-order valence-corrected chi connectivity index (χ2v) is 12.2. The molecule has 23 heteroatoms. The van der Waals surface area contributed by atoms with E-state index in [1.54, 1.807) is 0 Å². The summed E-state index contributed by atoms with van der Waals surface area (Å²) in [7, 11) is 0. The van der Waals surface area contributed by atoms with E-state index in [4.69, 9.17) is 41.8 Å². The lowest BCUT2D eigenvalue weighted by Crippen LogP contribution is -2.47. The highest BCUT2D eigenvalue weighted by molar-refractivity contribution is 8.07. The van der Waals surface area contributed by atoms with Crippen LogP contribution in [0.3, 0.4) is 0 Å². The van der Waals surface area contributed by atoms with Gasteiger partial charge >= 0.3 is 6.72 Å². The van der Waals surface area contributed by atoms with Crippen LogP contribution >= 0.6 is 6.72 Å². The van der Waals surface area contributed by atoms with Crippen molar-refractivity contribution in [2.45, 2.75) is 36.0 Å². The molecule has 2 aliphatic heterocycles. The van der Waals surface area contributed by atoms with E-state index in [2.05, 4.69) is 35.2 Å². The highest BCUT2D eigenvalue weighted by Gasteiger charge is 2.58. The number of aromatic amines is 1. The second-order valence-electron chi connectivity index (χ2n) is 9.42. The lowest BCUT2D eigenvalue weighted by Gasteiger charge is -2.34. The summed E-state index contributed by atoms with van der Waals surface area (Å²) >= 11 is 5.12. The first-order valence-electron chi connectivity index (χ1n) is 12.0. The number of nitrogens with one attached hydrogen (secondary N) is 1. The molecule has 2 unspecified atom stereocenters. The molecule has 0 radical (unpaired) electrons. The second kappa shape index (κ2) is 10.1. The maximum atomic E-state index is 16.0. The number of alkyl halides is 2. The number of nitrogens with zero attached hydrogens (tertiary/aromatic N) is 8. The average molecular weight is 633 g/mol. The van der Waals surface area contributed by atoms with Gasteiger partial charge in [-0.05, 0) is 11.8 Å². The number of imidazole rings is 1. The molecule has 7 atom stereocenters. The first kappa shape index (κ1) is 28.8. The molecule has 42 heavy (non-hydrogen) atoms. The van der Waals surface area contributed by atoms with Crippen LogP contribution in [0.15, 0.2) is 17.4 Å². The van der Waals surface area contributed by atoms with Gasteiger partial charge in [0.05, 0.1) is 26.1 Å². The lowest BCUT2D eigenvalue weighted by atomic mass is 10.1. The van der Waals surface area contributed by atoms with Crippen LogP contribution in [0, 0.1) is 0 Å². The Balaban J connectivity index is 1.25. The van der Waals surface area contributed by atoms with E-state index in [1.807, 2.05) is 0 Å². The predicted octanol–water partition coefficient (Wildman–Crippen LogP) is -2.47. The Morgan fingerprint density at radius 1 is 1.21 bits per heavy atom. The van der Waals surface area contributed by atoms with Crippen LogP contribution in [0.2, 0.25) is 0 Å². The number of hydrogen-bond donors (Lipinski definition) is 6. The topological polar surface area (TPSA) is 270 Å². The minimum Gasteiger partial charge on any atom is -0.394 e. The van der Waals surface area contributed by atoms with Crippen LogP contribution in [-0.4, -0.2) is 110 Å². The molecule has 2 fully saturated rings. The lowest BCUT2D eigenvalue weighted by molar-refractivity contribution is -0.0754. The molecule has 8 N–H and O–H groups in total. The third kappa shape index (κ3) is 4.42. The summed E-state index contributed by atoms with van der Waals surface area (Å²) < 4.78 is 55.1. The van der Waals surface area contributed by atoms with Crippen LogP contribution in [-0.2, 0) is 41.8 Å². The molecule has 6 heterocycles. The number of aromatic nitrogens is 9. The number of nitrogen functional groups attached to an aromatic ring is 2. The number of H-pyrrole nitrogens is 1. The van der Waals surface area contributed by atoms with Gasteiger partial charge in [-0.2, -0.15) is 9.67 Å². The molecule has 2 aliphatic rings. The van der Waals surface area contributed by atoms with Crippen molar-refractivity contribution in [2.24, 2.45) is 0 Å². The van der Waals surface area contributed by atoms with Gasteiger partial charge in [0.25, 0.3) is 11.4 Å². The van der Waals surface area contributed by atoms with E-state index >= 15 is 8.78 Å². The number of anilines is 2. The summed E-state index contributed by atoms with van der Waals surface area (Å²) in [6.45, 7) is -7.37. The third-order valence-electron chi connectivity index (χ3n) is 6.87. The molecule has 0 saturated carbocycles. The number of halogens is 2. The zero-order valence-corrected chi connectivity index (χ0v) is 22.7. The van der Waals surface area contributed by atoms with Crippen molar-refractivity contribution in [1.29, 1.82) is 0 Å². The molecule has 0 amide bonds. The van der Waals surface area contributed by atoms with Gasteiger partial charge in [0.15, 0.2) is 34.3 Å². The molecule has 0 bridgehead atoms. The first-order valence-corrected chi connectivity index (χ1v) is 14.6. The van der Waals surface area contributed by atoms with Crippen molar-refractivity contribution in [3.63, 3.8) is 0 Å². The average Bonchev–Trinajstić information content (AvgIpc) is 3.70. The standard InChI is InChI=1S/C19H22F2N11O8PS/c20-11-7(1-33)38-4-19(11,31-6-26-10-15(31)27-17(23)28-16(10)35)40-41(36,42)39-2-8-12(34)18(21,3-37-8)32-14-9(29-30-32)13(22)24-5-25-14/h5-8,11-12,33-34H,1-4H2,(H,36,42)(H2,22,24,25)(H3,23,27,28,35)/t7-,8-,11-,12-,18?,19+,41?/m1/s1. The van der Waals surface area contributed by atoms with Crippen molar-refractivity contribution < 1.29 is 42.4 Å². The van der Waals surface area contributed by atoms with Crippen molar-refractivity contribution in [1.82, 2.24) is 44.5 Å². The molecule has 6 rings (SSSR count). The number of rotatable bonds is 8. The van der Waals surface area contributed by atoms with Crippen LogP contribution in [0.4, 0.5) is 20.5 Å². The van der Waals surface area contributed by atoms with Gasteiger partial charge in [0.1, 0.15) is 31.2 Å². The highest BCUT2D eigenvalue weighted by Crippen LogP contribution is 2.54. The number of hydrogen-bond acceptors (Lipinski definition) is 16. The van der Waals surface area contributed by atoms with E-state index in [1.165, 1.54) is 0 Å². The zero-order chi connectivity index (χ0) is 30.0. The smallest absolute Gasteiger partial charge is 0.326 e. The van der Waals surface area contributed by atoms with Gasteiger partial charge in [-0.3, -0.25) is 18.9 Å². The van der Waals surface area contributed by atoms with Crippen molar-refractivity contribution in [3.05, 3.63) is 23.0 Å². The van der Waals surface area contributed by atoms with Crippen LogP contribution in [0.25, 0.3) is 22.3 Å². The Kier molecular flexibility index (Phi) is 6.94. The Bertz CT molecular complexity index is 1780. The molecule has 19 nitrogen and oxygen atoms in total. The minimum atomic E-state index is -4.50. The summed E-state index contributed by atoms with van der Waals surface area (Å²) in [4.78, 5) is 41.1. The van der Waals surface area contributed by atoms with Crippen LogP contribution in [0.1, 0.15) is 0 Å². The molecule has 226 valence electrons. The SMILES string of the molecule is Nc1nc2c(ncn2[C@]2(OP(O)(=S)OC[C@H]3OCC(F)(n4nnc5c(N)ncnc54)[C@@H]3O)CO[C@H](CO)[C@H]2F)c(=O)[nH]1. The number of aliphatic hydroxyl groups excluding tert-OH is 2. The van der Waals surface area contributed by atoms with Gasteiger partial charge in [0, 0.05) is 0 Å². The fourth-order valence-corrected chi connectivity index (χ4v) is 6.37. The molecular formula is C19H22F2N11O8PS. The monoisotopic (exact) mass is 633 g/mol. The van der Waals surface area contributed by atoms with Gasteiger partial charge in [-0.1, -0.05) is 5.21 Å². The fourth-order valence-electron chi connectivity index (χ4n) is 4.77. The Hall–Kier alpha value is -3.34. The highest BCUT2D eigenvalue weighted by atomic mass is 32.5. The van der Waals surface area contributed by atoms with Gasteiger partial charge in [-0.15, -0.1) is 5.10 Å². The normalized spacial score (nSPS) is 31.3. The minimum absolute atomic E-state index is 0.00279. The maximum Gasteiger partial charge on any atom is 0.326 e. The largest absolute Gasteiger partial charge is 0.394 e. The Morgan fingerprint density at radius 3 is 2.71 bits per heavy atom. The van der Waals surface area contributed by atoms with E-state index in [-0.39, 0.29) is 34.1 Å². The first-order chi connectivity index (χ1) is 19.9. The quantitative estimate of drug-likeness (QED) is 0.110. The summed E-state index contributed by atoms with van der Waals surface area (Å²) in [5.41, 5.74) is 7.69. The molecule has 0 aliphatic carbocycles.